The molecule has 1 amide bonds. The van der Waals surface area contributed by atoms with Crippen molar-refractivity contribution < 1.29 is 19.1 Å². The molecule has 6 nitrogen and oxygen atoms in total. The number of amides is 1. The molecule has 0 aliphatic rings. The van der Waals surface area contributed by atoms with E-state index in [0.29, 0.717) is 26.7 Å². The van der Waals surface area contributed by atoms with Gasteiger partial charge in [0.1, 0.15) is 12.3 Å². The summed E-state index contributed by atoms with van der Waals surface area (Å²) < 4.78 is 12.5. The van der Waals surface area contributed by atoms with Gasteiger partial charge in [-0.25, -0.2) is 0 Å². The van der Waals surface area contributed by atoms with Crippen LogP contribution in [0.25, 0.3) is 10.2 Å². The highest BCUT2D eigenvalue weighted by Gasteiger charge is 2.17. The maximum Gasteiger partial charge on any atom is 0.326 e. The van der Waals surface area contributed by atoms with Gasteiger partial charge >= 0.3 is 5.97 Å². The number of methoxy groups -OCH3 is 1. The van der Waals surface area contributed by atoms with Gasteiger partial charge in [0.05, 0.1) is 39.5 Å². The van der Waals surface area contributed by atoms with Gasteiger partial charge < -0.3 is 14.0 Å². The predicted molar refractivity (Wildman–Crippen MR) is 109 cm³/mol. The summed E-state index contributed by atoms with van der Waals surface area (Å²) in [5.74, 6) is -0.552. The summed E-state index contributed by atoms with van der Waals surface area (Å²) in [5.41, 5.74) is 0.841. The summed E-state index contributed by atoms with van der Waals surface area (Å²) in [6.07, 6.45) is 0. The number of hydrogen-bond donors (Lipinski definition) is 0. The molecule has 0 radical (unpaired) electrons. The van der Waals surface area contributed by atoms with Crippen LogP contribution in [-0.2, 0) is 16.1 Å². The minimum atomic E-state index is -0.496. The number of benzene rings is 2. The molecule has 0 bridgehead atoms. The van der Waals surface area contributed by atoms with Crippen LogP contribution in [-0.4, -0.2) is 30.2 Å². The summed E-state index contributed by atoms with van der Waals surface area (Å²) in [4.78, 5) is 29.4. The predicted octanol–water partition coefficient (Wildman–Crippen LogP) is 4.32. The Labute approximate surface area is 174 Å². The molecular weight excluding hydrogens is 423 g/mol. The molecule has 0 N–H and O–H groups in total. The molecule has 1 aromatic heterocycles. The fourth-order valence-corrected chi connectivity index (χ4v) is 4.15. The van der Waals surface area contributed by atoms with Gasteiger partial charge in [-0.3, -0.25) is 9.59 Å². The number of thiazole rings is 1. The SMILES string of the molecule is CCOC(=O)Cn1c(=NC(=O)c2ccccc2OC)sc2ccc(Cl)c(Cl)c21. The van der Waals surface area contributed by atoms with Crippen LogP contribution in [0.4, 0.5) is 0 Å². The number of carbonyl (C=O) groups excluding carboxylic acids is 2. The van der Waals surface area contributed by atoms with E-state index in [1.807, 2.05) is 0 Å². The smallest absolute Gasteiger partial charge is 0.326 e. The summed E-state index contributed by atoms with van der Waals surface area (Å²) in [6.45, 7) is 1.81. The average Bonchev–Trinajstić information content (AvgIpc) is 3.02. The van der Waals surface area contributed by atoms with Crippen LogP contribution in [0.15, 0.2) is 41.4 Å². The standard InChI is InChI=1S/C19H16Cl2N2O4S/c1-3-27-15(24)10-23-17-14(9-8-12(20)16(17)21)28-19(23)22-18(25)11-6-4-5-7-13(11)26-2/h4-9H,3,10H2,1-2H3. The van der Waals surface area contributed by atoms with Crippen molar-refractivity contribution in [2.75, 3.05) is 13.7 Å². The van der Waals surface area contributed by atoms with Gasteiger partial charge in [-0.1, -0.05) is 46.7 Å². The normalized spacial score (nSPS) is 11.6. The number of nitrogens with zero attached hydrogens (tertiary/aromatic N) is 2. The van der Waals surface area contributed by atoms with E-state index < -0.39 is 11.9 Å². The maximum absolute atomic E-state index is 12.8. The number of halogens is 2. The van der Waals surface area contributed by atoms with Crippen molar-refractivity contribution in [2.45, 2.75) is 13.5 Å². The van der Waals surface area contributed by atoms with Crippen molar-refractivity contribution in [3.8, 4) is 5.75 Å². The Kier molecular flexibility index (Phi) is 6.39. The number of rotatable bonds is 5. The first kappa shape index (κ1) is 20.4. The van der Waals surface area contributed by atoms with Crippen LogP contribution < -0.4 is 9.54 Å². The lowest BCUT2D eigenvalue weighted by atomic mass is 10.2. The molecule has 3 rings (SSSR count). The summed E-state index contributed by atoms with van der Waals surface area (Å²) in [5, 5.41) is 0.623. The minimum absolute atomic E-state index is 0.147. The third kappa shape index (κ3) is 4.06. The van der Waals surface area contributed by atoms with Gasteiger partial charge in [0, 0.05) is 0 Å². The topological polar surface area (TPSA) is 69.9 Å². The van der Waals surface area contributed by atoms with Crippen molar-refractivity contribution in [2.24, 2.45) is 4.99 Å². The Morgan fingerprint density at radius 2 is 1.93 bits per heavy atom. The number of ether oxygens (including phenoxy) is 2. The van der Waals surface area contributed by atoms with Crippen LogP contribution in [0.5, 0.6) is 5.75 Å². The zero-order chi connectivity index (χ0) is 20.3. The molecule has 9 heteroatoms. The summed E-state index contributed by atoms with van der Waals surface area (Å²) in [7, 11) is 1.48. The molecule has 0 fully saturated rings. The van der Waals surface area contributed by atoms with E-state index in [4.69, 9.17) is 32.7 Å². The lowest BCUT2D eigenvalue weighted by molar-refractivity contribution is -0.143. The van der Waals surface area contributed by atoms with Gasteiger partial charge in [-0.05, 0) is 31.2 Å². The van der Waals surface area contributed by atoms with Crippen LogP contribution >= 0.6 is 34.5 Å². The minimum Gasteiger partial charge on any atom is -0.496 e. The fourth-order valence-electron chi connectivity index (χ4n) is 2.64. The lowest BCUT2D eigenvalue weighted by Gasteiger charge is -2.07. The molecule has 0 unspecified atom stereocenters. The van der Waals surface area contributed by atoms with Gasteiger partial charge in [0.2, 0.25) is 0 Å². The molecule has 0 aliphatic heterocycles. The zero-order valence-corrected chi connectivity index (χ0v) is 17.4. The third-order valence-electron chi connectivity index (χ3n) is 3.86. The molecule has 146 valence electrons. The van der Waals surface area contributed by atoms with Gasteiger partial charge in [-0.15, -0.1) is 0 Å². The van der Waals surface area contributed by atoms with E-state index >= 15 is 0 Å². The first-order valence-corrected chi connectivity index (χ1v) is 9.88. The van der Waals surface area contributed by atoms with Crippen molar-refractivity contribution >= 4 is 56.6 Å². The van der Waals surface area contributed by atoms with E-state index in [-0.39, 0.29) is 18.2 Å². The van der Waals surface area contributed by atoms with Crippen LogP contribution in [0.3, 0.4) is 0 Å². The summed E-state index contributed by atoms with van der Waals surface area (Å²) >= 11 is 13.7. The second kappa shape index (κ2) is 8.77. The van der Waals surface area contributed by atoms with Crippen molar-refractivity contribution in [3.05, 3.63) is 56.8 Å². The van der Waals surface area contributed by atoms with Crippen molar-refractivity contribution in [3.63, 3.8) is 0 Å². The number of esters is 1. The monoisotopic (exact) mass is 438 g/mol. The van der Waals surface area contributed by atoms with Crippen molar-refractivity contribution in [1.82, 2.24) is 4.57 Å². The second-order valence-electron chi connectivity index (χ2n) is 5.60. The quantitative estimate of drug-likeness (QED) is 0.556. The highest BCUT2D eigenvalue weighted by atomic mass is 35.5. The number of aromatic nitrogens is 1. The maximum atomic E-state index is 12.8. The molecule has 1 heterocycles. The largest absolute Gasteiger partial charge is 0.496 e. The number of para-hydroxylation sites is 1. The van der Waals surface area contributed by atoms with Crippen LogP contribution in [0.1, 0.15) is 17.3 Å². The Balaban J connectivity index is 2.19. The highest BCUT2D eigenvalue weighted by molar-refractivity contribution is 7.16. The molecule has 2 aromatic carbocycles. The Hall–Kier alpha value is -2.35. The van der Waals surface area contributed by atoms with E-state index in [9.17, 15) is 9.59 Å². The molecule has 3 aromatic rings. The van der Waals surface area contributed by atoms with Crippen LogP contribution in [0, 0.1) is 0 Å². The first-order chi connectivity index (χ1) is 13.5. The van der Waals surface area contributed by atoms with Gasteiger partial charge in [-0.2, -0.15) is 4.99 Å². The average molecular weight is 439 g/mol. The van der Waals surface area contributed by atoms with Gasteiger partial charge in [0.25, 0.3) is 5.91 Å². The van der Waals surface area contributed by atoms with Crippen molar-refractivity contribution in [1.29, 1.82) is 0 Å². The van der Waals surface area contributed by atoms with E-state index in [2.05, 4.69) is 4.99 Å². The van der Waals surface area contributed by atoms with E-state index in [1.54, 1.807) is 47.9 Å². The molecular formula is C19H16Cl2N2O4S. The Morgan fingerprint density at radius 1 is 1.18 bits per heavy atom. The number of hydrogen-bond acceptors (Lipinski definition) is 5. The van der Waals surface area contributed by atoms with Crippen LogP contribution in [0.2, 0.25) is 10.0 Å². The fraction of sp³-hybridized carbons (Fsp3) is 0.211. The number of carbonyl (C=O) groups is 2. The molecule has 0 saturated carbocycles. The molecule has 0 spiro atoms. The Morgan fingerprint density at radius 3 is 2.64 bits per heavy atom. The second-order valence-corrected chi connectivity index (χ2v) is 7.40. The Bertz CT molecular complexity index is 1120. The number of fused-ring (bicyclic) bond motifs is 1. The van der Waals surface area contributed by atoms with Gasteiger partial charge in [0.15, 0.2) is 4.80 Å². The summed E-state index contributed by atoms with van der Waals surface area (Å²) in [6, 6.07) is 10.2. The first-order valence-electron chi connectivity index (χ1n) is 8.31. The van der Waals surface area contributed by atoms with E-state index in [1.165, 1.54) is 18.4 Å². The molecule has 0 atom stereocenters. The third-order valence-corrected chi connectivity index (χ3v) is 5.70. The highest BCUT2D eigenvalue weighted by Crippen LogP contribution is 2.32. The molecule has 0 saturated heterocycles. The lowest BCUT2D eigenvalue weighted by Crippen LogP contribution is -2.23. The van der Waals surface area contributed by atoms with E-state index in [0.717, 1.165) is 4.70 Å². The molecule has 28 heavy (non-hydrogen) atoms. The zero-order valence-electron chi connectivity index (χ0n) is 15.1. The molecule has 0 aliphatic carbocycles.